The van der Waals surface area contributed by atoms with Gasteiger partial charge in [-0.25, -0.2) is 4.39 Å². The van der Waals surface area contributed by atoms with Gasteiger partial charge in [-0.2, -0.15) is 0 Å². The Morgan fingerprint density at radius 1 is 0.897 bits per heavy atom. The lowest BCUT2D eigenvalue weighted by atomic mass is 10.1. The number of carbonyl (C=O) groups excluding carboxylic acids is 2. The number of aldehydes is 2. The molecule has 0 saturated carbocycles. The van der Waals surface area contributed by atoms with Crippen molar-refractivity contribution in [2.24, 2.45) is 0 Å². The standard InChI is InChI=1S/C16H15FO2.C8H8O2/c1-2-12-5-8-16(14(9-12)10-18)19-11-13-3-6-15(17)7-4-13;1-6-2-3-8(10)7(4-6)5-9/h3-10H,2,11H2,1H3;2-5,10H,1H3. The van der Waals surface area contributed by atoms with Crippen LogP contribution in [0.25, 0.3) is 0 Å². The molecule has 0 aliphatic rings. The van der Waals surface area contributed by atoms with E-state index >= 15 is 0 Å². The maximum atomic E-state index is 12.8. The lowest BCUT2D eigenvalue weighted by molar-refractivity contribution is 0.111. The number of phenols is 1. The minimum atomic E-state index is -0.273. The second kappa shape index (κ2) is 10.8. The van der Waals surface area contributed by atoms with Gasteiger partial charge >= 0.3 is 0 Å². The van der Waals surface area contributed by atoms with Gasteiger partial charge in [-0.05, 0) is 60.9 Å². The molecule has 0 radical (unpaired) electrons. The fourth-order valence-electron chi connectivity index (χ4n) is 2.55. The third-order valence-corrected chi connectivity index (χ3v) is 4.23. The lowest BCUT2D eigenvalue weighted by Gasteiger charge is -2.09. The number of halogens is 1. The molecule has 0 unspecified atom stereocenters. The normalized spacial score (nSPS) is 9.90. The first kappa shape index (κ1) is 21.8. The van der Waals surface area contributed by atoms with Crippen LogP contribution in [0.1, 0.15) is 44.3 Å². The molecule has 0 atom stereocenters. The topological polar surface area (TPSA) is 63.6 Å². The van der Waals surface area contributed by atoms with Crippen LogP contribution < -0.4 is 4.74 Å². The van der Waals surface area contributed by atoms with E-state index in [4.69, 9.17) is 9.84 Å². The Balaban J connectivity index is 0.000000253. The second-order valence-corrected chi connectivity index (χ2v) is 6.44. The van der Waals surface area contributed by atoms with Crippen LogP contribution in [0.15, 0.2) is 60.7 Å². The number of phenolic OH excluding ortho intramolecular Hbond substituents is 1. The molecule has 0 bridgehead atoms. The molecule has 3 aromatic rings. The summed E-state index contributed by atoms with van der Waals surface area (Å²) in [7, 11) is 0. The largest absolute Gasteiger partial charge is 0.507 e. The first-order chi connectivity index (χ1) is 14.0. The number of hydrogen-bond donors (Lipinski definition) is 1. The molecule has 0 fully saturated rings. The molecule has 5 heteroatoms. The zero-order chi connectivity index (χ0) is 21.2. The van der Waals surface area contributed by atoms with E-state index in [-0.39, 0.29) is 11.6 Å². The smallest absolute Gasteiger partial charge is 0.153 e. The van der Waals surface area contributed by atoms with Crippen molar-refractivity contribution in [3.8, 4) is 11.5 Å². The average molecular weight is 394 g/mol. The number of aromatic hydroxyl groups is 1. The molecule has 150 valence electrons. The van der Waals surface area contributed by atoms with Crippen LogP contribution in [0.3, 0.4) is 0 Å². The minimum absolute atomic E-state index is 0.0422. The van der Waals surface area contributed by atoms with Crippen molar-refractivity contribution in [3.05, 3.63) is 94.3 Å². The van der Waals surface area contributed by atoms with Gasteiger partial charge in [0.05, 0.1) is 11.1 Å². The molecule has 0 aliphatic carbocycles. The highest BCUT2D eigenvalue weighted by molar-refractivity contribution is 5.80. The van der Waals surface area contributed by atoms with Gasteiger partial charge in [-0.15, -0.1) is 0 Å². The van der Waals surface area contributed by atoms with Crippen molar-refractivity contribution in [1.29, 1.82) is 0 Å². The Labute approximate surface area is 169 Å². The zero-order valence-electron chi connectivity index (χ0n) is 16.4. The van der Waals surface area contributed by atoms with Crippen LogP contribution in [0.2, 0.25) is 0 Å². The quantitative estimate of drug-likeness (QED) is 0.577. The molecule has 0 spiro atoms. The Kier molecular flexibility index (Phi) is 8.10. The van der Waals surface area contributed by atoms with Crippen LogP contribution in [0.5, 0.6) is 11.5 Å². The summed E-state index contributed by atoms with van der Waals surface area (Å²) < 4.78 is 18.4. The fourth-order valence-corrected chi connectivity index (χ4v) is 2.55. The fraction of sp³-hybridized carbons (Fsp3) is 0.167. The van der Waals surface area contributed by atoms with Crippen LogP contribution in [-0.2, 0) is 13.0 Å². The van der Waals surface area contributed by atoms with Gasteiger partial charge in [0, 0.05) is 0 Å². The van der Waals surface area contributed by atoms with E-state index < -0.39 is 0 Å². The Morgan fingerprint density at radius 2 is 1.55 bits per heavy atom. The molecule has 3 rings (SSSR count). The van der Waals surface area contributed by atoms with Crippen molar-refractivity contribution < 1.29 is 23.8 Å². The third kappa shape index (κ3) is 6.57. The van der Waals surface area contributed by atoms with Crippen molar-refractivity contribution in [3.63, 3.8) is 0 Å². The number of carbonyl (C=O) groups is 2. The highest BCUT2D eigenvalue weighted by Crippen LogP contribution is 2.20. The van der Waals surface area contributed by atoms with Gasteiger partial charge in [-0.1, -0.05) is 36.8 Å². The van der Waals surface area contributed by atoms with Gasteiger partial charge in [0.2, 0.25) is 0 Å². The van der Waals surface area contributed by atoms with Gasteiger partial charge in [0.25, 0.3) is 0 Å². The summed E-state index contributed by atoms with van der Waals surface area (Å²) in [6.45, 7) is 4.21. The molecule has 0 aromatic heterocycles. The van der Waals surface area contributed by atoms with E-state index in [0.29, 0.717) is 29.8 Å². The summed E-state index contributed by atoms with van der Waals surface area (Å²) in [4.78, 5) is 21.2. The molecule has 3 aromatic carbocycles. The molecule has 4 nitrogen and oxygen atoms in total. The van der Waals surface area contributed by atoms with E-state index in [1.54, 1.807) is 30.3 Å². The van der Waals surface area contributed by atoms with E-state index in [0.717, 1.165) is 29.4 Å². The highest BCUT2D eigenvalue weighted by atomic mass is 19.1. The number of hydrogen-bond acceptors (Lipinski definition) is 4. The van der Waals surface area contributed by atoms with Gasteiger partial charge in [0.15, 0.2) is 12.6 Å². The second-order valence-electron chi connectivity index (χ2n) is 6.44. The average Bonchev–Trinajstić information content (AvgIpc) is 2.75. The molecule has 0 amide bonds. The van der Waals surface area contributed by atoms with Crippen LogP contribution in [-0.4, -0.2) is 17.7 Å². The zero-order valence-corrected chi connectivity index (χ0v) is 16.4. The lowest BCUT2D eigenvalue weighted by Crippen LogP contribution is -1.99. The summed E-state index contributed by atoms with van der Waals surface area (Å²) in [6, 6.07) is 16.6. The highest BCUT2D eigenvalue weighted by Gasteiger charge is 2.04. The molecular weight excluding hydrogens is 371 g/mol. The van der Waals surface area contributed by atoms with E-state index in [1.165, 1.54) is 18.2 Å². The van der Waals surface area contributed by atoms with Crippen LogP contribution in [0.4, 0.5) is 4.39 Å². The summed E-state index contributed by atoms with van der Waals surface area (Å²) in [5, 5.41) is 9.00. The summed E-state index contributed by atoms with van der Waals surface area (Å²) >= 11 is 0. The molecular formula is C24H23FO4. The van der Waals surface area contributed by atoms with Crippen molar-refractivity contribution in [2.45, 2.75) is 26.9 Å². The Morgan fingerprint density at radius 3 is 2.14 bits per heavy atom. The SMILES string of the molecule is CCc1ccc(OCc2ccc(F)cc2)c(C=O)c1.Cc1ccc(O)c(C=O)c1. The number of benzene rings is 3. The first-order valence-corrected chi connectivity index (χ1v) is 9.17. The molecule has 0 saturated heterocycles. The summed E-state index contributed by atoms with van der Waals surface area (Å²) in [5.74, 6) is 0.321. The predicted molar refractivity (Wildman–Crippen MR) is 110 cm³/mol. The molecule has 29 heavy (non-hydrogen) atoms. The van der Waals surface area contributed by atoms with Crippen molar-refractivity contribution in [2.75, 3.05) is 0 Å². The summed E-state index contributed by atoms with van der Waals surface area (Å²) in [5.41, 5.74) is 3.82. The van der Waals surface area contributed by atoms with Gasteiger partial charge < -0.3 is 9.84 Å². The minimum Gasteiger partial charge on any atom is -0.507 e. The van der Waals surface area contributed by atoms with Crippen molar-refractivity contribution >= 4 is 12.6 Å². The third-order valence-electron chi connectivity index (χ3n) is 4.23. The number of aryl methyl sites for hydroxylation is 2. The van der Waals surface area contributed by atoms with E-state index in [9.17, 15) is 14.0 Å². The van der Waals surface area contributed by atoms with Gasteiger partial charge in [-0.3, -0.25) is 9.59 Å². The Bertz CT molecular complexity index is 965. The maximum absolute atomic E-state index is 12.8. The van der Waals surface area contributed by atoms with Crippen LogP contribution >= 0.6 is 0 Å². The molecule has 0 aliphatic heterocycles. The molecule has 0 heterocycles. The summed E-state index contributed by atoms with van der Waals surface area (Å²) in [6.07, 6.45) is 2.31. The van der Waals surface area contributed by atoms with E-state index in [1.807, 2.05) is 26.0 Å². The monoisotopic (exact) mass is 394 g/mol. The molecule has 1 N–H and O–H groups in total. The maximum Gasteiger partial charge on any atom is 0.153 e. The van der Waals surface area contributed by atoms with Crippen LogP contribution in [0, 0.1) is 12.7 Å². The van der Waals surface area contributed by atoms with Gasteiger partial charge in [0.1, 0.15) is 23.9 Å². The van der Waals surface area contributed by atoms with E-state index in [2.05, 4.69) is 0 Å². The number of ether oxygens (including phenoxy) is 1. The predicted octanol–water partition coefficient (Wildman–Crippen LogP) is 5.29. The Hall–Kier alpha value is -3.47. The number of rotatable bonds is 6. The van der Waals surface area contributed by atoms with Crippen molar-refractivity contribution in [1.82, 2.24) is 0 Å². The first-order valence-electron chi connectivity index (χ1n) is 9.17.